The highest BCUT2D eigenvalue weighted by Gasteiger charge is 2.31. The fraction of sp³-hybridized carbons (Fsp3) is 0.256. The van der Waals surface area contributed by atoms with Crippen LogP contribution in [0.2, 0.25) is 0 Å². The van der Waals surface area contributed by atoms with E-state index in [-0.39, 0.29) is 31.7 Å². The maximum absolute atomic E-state index is 12.1. The van der Waals surface area contributed by atoms with Crippen molar-refractivity contribution in [2.45, 2.75) is 138 Å². The zero-order chi connectivity index (χ0) is 62.5. The number of ketones is 1. The van der Waals surface area contributed by atoms with Gasteiger partial charge in [-0.25, -0.2) is 0 Å². The Morgan fingerprint density at radius 2 is 0.541 bits per heavy atom. The summed E-state index contributed by atoms with van der Waals surface area (Å²) >= 11 is 3.58. The molecule has 0 heterocycles. The Balaban J connectivity index is 0.000000184. The third-order valence-electron chi connectivity index (χ3n) is 17.0. The fourth-order valence-electron chi connectivity index (χ4n) is 14.2. The number of aliphatic hydroxyl groups is 1. The highest BCUT2D eigenvalue weighted by molar-refractivity contribution is 9.10. The number of allylic oxidation sites excluding steroid dienone is 2. The van der Waals surface area contributed by atoms with Gasteiger partial charge in [0.2, 0.25) is 20.1 Å². The monoisotopic (exact) mass is 1180 g/mol. The first-order valence-corrected chi connectivity index (χ1v) is 30.7. The van der Waals surface area contributed by atoms with E-state index in [0.29, 0.717) is 11.1 Å². The van der Waals surface area contributed by atoms with Gasteiger partial charge in [-0.15, -0.1) is 0 Å². The normalized spacial score (nSPS) is 11.2. The number of hydrogen-bond donors (Lipinski definition) is 1. The quantitative estimate of drug-likeness (QED) is 0.0574. The Hall–Kier alpha value is -7.47. The summed E-state index contributed by atoms with van der Waals surface area (Å²) in [7, 11) is 0. The molecule has 0 fully saturated rings. The lowest BCUT2D eigenvalue weighted by Gasteiger charge is -2.25. The van der Waals surface area contributed by atoms with Crippen molar-refractivity contribution in [1.29, 1.82) is 0 Å². The molecule has 0 aliphatic rings. The molecule has 0 bridgehead atoms. The lowest BCUT2D eigenvalue weighted by atomic mass is 9.34. The smallest absolute Gasteiger partial charge is 0.242 e. The van der Waals surface area contributed by atoms with Crippen molar-refractivity contribution >= 4 is 103 Å². The summed E-state index contributed by atoms with van der Waals surface area (Å²) in [6.45, 7) is 43.1. The maximum atomic E-state index is 12.1. The predicted molar refractivity (Wildman–Crippen MR) is 376 cm³/mol. The first-order valence-electron chi connectivity index (χ1n) is 29.9. The van der Waals surface area contributed by atoms with Crippen molar-refractivity contribution in [2.24, 2.45) is 0 Å². The number of hydrogen-bond acceptors (Lipinski definition) is 3. The molecule has 9 rings (SSSR count). The zero-order valence-corrected chi connectivity index (χ0v) is 55.9. The second kappa shape index (κ2) is 27.7. The van der Waals surface area contributed by atoms with E-state index in [1.54, 1.807) is 6.92 Å². The van der Waals surface area contributed by atoms with Crippen LogP contribution in [0.4, 0.5) is 0 Å². The summed E-state index contributed by atoms with van der Waals surface area (Å²) in [5.74, 6) is -0.0815. The van der Waals surface area contributed by atoms with Gasteiger partial charge in [0.15, 0.2) is 5.78 Å². The molecule has 9 aromatic rings. The molecule has 7 heteroatoms. The van der Waals surface area contributed by atoms with E-state index in [4.69, 9.17) is 0 Å². The average molecular weight is 1180 g/mol. The second-order valence-corrected chi connectivity index (χ2v) is 25.6. The first kappa shape index (κ1) is 65.1. The van der Waals surface area contributed by atoms with E-state index < -0.39 is 0 Å². The lowest BCUT2D eigenvalue weighted by molar-refractivity contribution is -0.111. The minimum absolute atomic E-state index is 0.0530. The molecule has 0 aliphatic heterocycles. The van der Waals surface area contributed by atoms with Crippen molar-refractivity contribution in [2.75, 3.05) is 0 Å². The van der Waals surface area contributed by atoms with E-state index >= 15 is 0 Å². The minimum atomic E-state index is -0.134. The van der Waals surface area contributed by atoms with Gasteiger partial charge in [-0.1, -0.05) is 299 Å². The molecule has 1 N–H and O–H groups in total. The van der Waals surface area contributed by atoms with Gasteiger partial charge in [0.1, 0.15) is 12.0 Å². The Bertz CT molecular complexity index is 3680. The van der Waals surface area contributed by atoms with E-state index in [2.05, 4.69) is 262 Å². The SMILES string of the molecule is CC(=O)/C(=C(/C)O)c1ccc(B(c2c(C)cc(C)cc2C)c2c(C)cc(C)cc2C)cc1.Cc1cc(C)c(B(c2ccc(Br)cc2)c2c(C)cc(C)cc2C)c(C)c1.Cc1cc(C)c(B(c2ccc(C=O)cc2)c2c(C)cc(C)cc2C)c(C)c1. The molecule has 432 valence electrons. The van der Waals surface area contributed by atoms with Crippen molar-refractivity contribution in [1.82, 2.24) is 0 Å². The Morgan fingerprint density at radius 1 is 0.341 bits per heavy atom. The second-order valence-electron chi connectivity index (χ2n) is 24.6. The molecule has 3 nitrogen and oxygen atoms in total. The first-order chi connectivity index (χ1) is 40.1. The number of aryl methyl sites for hydroxylation is 18. The van der Waals surface area contributed by atoms with E-state index in [0.717, 1.165) is 16.3 Å². The molecule has 0 radical (unpaired) electrons. The topological polar surface area (TPSA) is 54.4 Å². The number of halogens is 1. The molecule has 0 spiro atoms. The standard InChI is InChI=1S/C29H33BO2.C25H27BO.C24H26BBr/c1-17-13-19(3)28(20(4)14-17)30(29-21(5)15-18(2)16-22(29)6)26-11-9-25(10-12-26)27(23(7)31)24(8)32;1-16-11-18(3)24(19(4)12-16)26(23-9-7-22(15-27)8-10-23)25-20(5)13-17(2)14-21(25)6;1-15-11-17(3)23(18(4)12-15)25(21-7-9-22(26)10-8-21)24-19(5)13-16(2)14-20(24)6/h9-16,31H,1-8H3;7-15H,1-6H3;7-14H,1-6H3/b27-23+;;. The van der Waals surface area contributed by atoms with Crippen LogP contribution in [0.1, 0.15) is 130 Å². The molecule has 85 heavy (non-hydrogen) atoms. The van der Waals surface area contributed by atoms with E-state index in [9.17, 15) is 14.7 Å². The summed E-state index contributed by atoms with van der Waals surface area (Å²) in [5, 5.41) is 10.0. The number of carbonyl (C=O) groups is 2. The summed E-state index contributed by atoms with van der Waals surface area (Å²) in [5.41, 5.74) is 37.5. The number of rotatable bonds is 12. The largest absolute Gasteiger partial charge is 0.512 e. The van der Waals surface area contributed by atoms with Gasteiger partial charge < -0.3 is 5.11 Å². The van der Waals surface area contributed by atoms with Crippen molar-refractivity contribution in [3.63, 3.8) is 0 Å². The average Bonchev–Trinajstić information content (AvgIpc) is 3.00. The van der Waals surface area contributed by atoms with Crippen molar-refractivity contribution < 1.29 is 14.7 Å². The maximum Gasteiger partial charge on any atom is 0.242 e. The number of carbonyl (C=O) groups excluding carboxylic acids is 2. The highest BCUT2D eigenvalue weighted by Crippen LogP contribution is 2.21. The van der Waals surface area contributed by atoms with Crippen LogP contribution in [0.5, 0.6) is 0 Å². The molecule has 0 saturated heterocycles. The minimum Gasteiger partial charge on any atom is -0.512 e. The molecular weight excluding hydrogens is 1100 g/mol. The van der Waals surface area contributed by atoms with Crippen LogP contribution in [-0.4, -0.2) is 37.3 Å². The molecule has 9 aromatic carbocycles. The van der Waals surface area contributed by atoms with Crippen LogP contribution >= 0.6 is 15.9 Å². The Kier molecular flexibility index (Phi) is 21.2. The van der Waals surface area contributed by atoms with Crippen molar-refractivity contribution in [3.05, 3.63) is 267 Å². The molecule has 0 atom stereocenters. The number of Topliss-reactive ketones (excluding diaryl/α,β-unsaturated/α-hetero) is 1. The lowest BCUT2D eigenvalue weighted by Crippen LogP contribution is -2.55. The number of aldehydes is 1. The number of benzene rings is 9. The Morgan fingerprint density at radius 3 is 0.729 bits per heavy atom. The molecule has 0 saturated carbocycles. The fourth-order valence-corrected chi connectivity index (χ4v) is 14.5. The van der Waals surface area contributed by atoms with Crippen LogP contribution in [0.3, 0.4) is 0 Å². The van der Waals surface area contributed by atoms with Crippen LogP contribution in [0.25, 0.3) is 5.57 Å². The molecule has 0 aromatic heterocycles. The van der Waals surface area contributed by atoms with Crippen molar-refractivity contribution in [3.8, 4) is 0 Å². The van der Waals surface area contributed by atoms with Crippen LogP contribution < -0.4 is 49.2 Å². The van der Waals surface area contributed by atoms with E-state index in [1.165, 1.54) is 156 Å². The van der Waals surface area contributed by atoms with E-state index in [1.807, 2.05) is 24.3 Å². The van der Waals surface area contributed by atoms with Gasteiger partial charge in [-0.05, 0) is 156 Å². The van der Waals surface area contributed by atoms with Gasteiger partial charge >= 0.3 is 0 Å². The Labute approximate surface area is 519 Å². The van der Waals surface area contributed by atoms with Gasteiger partial charge in [0.25, 0.3) is 0 Å². The van der Waals surface area contributed by atoms with Gasteiger partial charge in [-0.2, -0.15) is 0 Å². The van der Waals surface area contributed by atoms with Gasteiger partial charge in [-0.3, -0.25) is 9.59 Å². The molecule has 0 amide bonds. The molecular formula is C78H86B3BrO3. The number of aliphatic hydroxyl groups excluding tert-OH is 1. The molecule has 0 aliphatic carbocycles. The summed E-state index contributed by atoms with van der Waals surface area (Å²) in [4.78, 5) is 23.2. The molecule has 0 unspecified atom stereocenters. The van der Waals surface area contributed by atoms with Crippen LogP contribution in [0.15, 0.2) is 156 Å². The summed E-state index contributed by atoms with van der Waals surface area (Å²) < 4.78 is 1.12. The third kappa shape index (κ3) is 15.0. The summed E-state index contributed by atoms with van der Waals surface area (Å²) in [6, 6.07) is 52.4. The zero-order valence-electron chi connectivity index (χ0n) is 54.3. The van der Waals surface area contributed by atoms with Gasteiger partial charge in [0, 0.05) is 10.0 Å². The highest BCUT2D eigenvalue weighted by atomic mass is 79.9. The van der Waals surface area contributed by atoms with Gasteiger partial charge in [0.05, 0.1) is 5.57 Å². The predicted octanol–water partition coefficient (Wildman–Crippen LogP) is 13.6. The third-order valence-corrected chi connectivity index (χ3v) is 17.5. The van der Waals surface area contributed by atoms with Crippen LogP contribution in [0, 0.1) is 125 Å². The summed E-state index contributed by atoms with van der Waals surface area (Å²) in [6.07, 6.45) is 0.906. The van der Waals surface area contributed by atoms with Crippen LogP contribution in [-0.2, 0) is 4.79 Å².